The lowest BCUT2D eigenvalue weighted by Gasteiger charge is -2.12. The van der Waals surface area contributed by atoms with Crippen molar-refractivity contribution < 1.29 is 27.6 Å². The Morgan fingerprint density at radius 1 is 0.462 bits per heavy atom. The van der Waals surface area contributed by atoms with Gasteiger partial charge in [0.1, 0.15) is 17.5 Å². The summed E-state index contributed by atoms with van der Waals surface area (Å²) >= 11 is 0. The molecule has 0 heterocycles. The van der Waals surface area contributed by atoms with Crippen molar-refractivity contribution in [2.75, 3.05) is 0 Å². The summed E-state index contributed by atoms with van der Waals surface area (Å²) in [6.45, 7) is 0.146. The minimum atomic E-state index is -0.577. The van der Waals surface area contributed by atoms with Gasteiger partial charge in [0.15, 0.2) is 0 Å². The molecule has 198 valence electrons. The molecular formula is C30H24F3N3O3. The average molecular weight is 532 g/mol. The van der Waals surface area contributed by atoms with Gasteiger partial charge in [0.25, 0.3) is 17.7 Å². The largest absolute Gasteiger partial charge is 0.348 e. The number of hydrogen-bond acceptors (Lipinski definition) is 3. The summed E-state index contributed by atoms with van der Waals surface area (Å²) in [5.41, 5.74) is 1.84. The summed E-state index contributed by atoms with van der Waals surface area (Å²) in [6, 6.07) is 21.1. The molecule has 0 atom stereocenters. The first-order valence-electron chi connectivity index (χ1n) is 12.0. The van der Waals surface area contributed by atoms with E-state index in [1.165, 1.54) is 78.9 Å². The molecule has 0 saturated heterocycles. The molecule has 3 amide bonds. The Morgan fingerprint density at radius 2 is 0.846 bits per heavy atom. The molecule has 0 unspecified atom stereocenters. The highest BCUT2D eigenvalue weighted by molar-refractivity contribution is 6.04. The molecule has 9 heteroatoms. The van der Waals surface area contributed by atoms with E-state index < -0.39 is 35.2 Å². The van der Waals surface area contributed by atoms with Gasteiger partial charge in [-0.2, -0.15) is 0 Å². The number of nitrogens with one attached hydrogen (secondary N) is 3. The Morgan fingerprint density at radius 3 is 1.23 bits per heavy atom. The van der Waals surface area contributed by atoms with E-state index in [4.69, 9.17) is 0 Å². The highest BCUT2D eigenvalue weighted by Crippen LogP contribution is 2.14. The van der Waals surface area contributed by atoms with Gasteiger partial charge in [-0.25, -0.2) is 13.2 Å². The summed E-state index contributed by atoms with van der Waals surface area (Å²) in [5.74, 6) is -3.01. The van der Waals surface area contributed by atoms with Crippen molar-refractivity contribution in [3.8, 4) is 0 Å². The normalized spacial score (nSPS) is 10.5. The van der Waals surface area contributed by atoms with Crippen LogP contribution in [0.4, 0.5) is 13.2 Å². The quantitative estimate of drug-likeness (QED) is 0.287. The van der Waals surface area contributed by atoms with Crippen LogP contribution in [-0.4, -0.2) is 17.7 Å². The lowest BCUT2D eigenvalue weighted by atomic mass is 10.0. The Labute approximate surface area is 222 Å². The fourth-order valence-corrected chi connectivity index (χ4v) is 3.77. The van der Waals surface area contributed by atoms with E-state index in [9.17, 15) is 27.6 Å². The van der Waals surface area contributed by atoms with Gasteiger partial charge in [-0.15, -0.1) is 0 Å². The van der Waals surface area contributed by atoms with Crippen LogP contribution in [0.5, 0.6) is 0 Å². The van der Waals surface area contributed by atoms with Crippen molar-refractivity contribution in [1.29, 1.82) is 0 Å². The third kappa shape index (κ3) is 7.78. The van der Waals surface area contributed by atoms with Gasteiger partial charge in [0.05, 0.1) is 0 Å². The first kappa shape index (κ1) is 27.1. The van der Waals surface area contributed by atoms with Crippen LogP contribution in [0.15, 0.2) is 91.0 Å². The maximum atomic E-state index is 13.5. The predicted molar refractivity (Wildman–Crippen MR) is 139 cm³/mol. The predicted octanol–water partition coefficient (Wildman–Crippen LogP) is 4.89. The highest BCUT2D eigenvalue weighted by Gasteiger charge is 2.17. The molecule has 4 aromatic carbocycles. The minimum Gasteiger partial charge on any atom is -0.348 e. The van der Waals surface area contributed by atoms with Crippen molar-refractivity contribution in [2.24, 2.45) is 0 Å². The second-order valence-electron chi connectivity index (χ2n) is 8.73. The maximum absolute atomic E-state index is 13.5. The van der Waals surface area contributed by atoms with Crippen LogP contribution in [0.3, 0.4) is 0 Å². The molecule has 4 rings (SSSR count). The molecule has 0 aliphatic heterocycles. The third-order valence-electron chi connectivity index (χ3n) is 5.77. The molecule has 0 aromatic heterocycles. The van der Waals surface area contributed by atoms with Crippen LogP contribution in [-0.2, 0) is 19.6 Å². The average Bonchev–Trinajstić information content (AvgIpc) is 2.94. The van der Waals surface area contributed by atoms with E-state index in [1.807, 2.05) is 0 Å². The van der Waals surface area contributed by atoms with Crippen molar-refractivity contribution in [3.05, 3.63) is 142 Å². The van der Waals surface area contributed by atoms with Crippen LogP contribution in [0.1, 0.15) is 47.8 Å². The summed E-state index contributed by atoms with van der Waals surface area (Å²) in [6.07, 6.45) is 0. The van der Waals surface area contributed by atoms with Gasteiger partial charge >= 0.3 is 0 Å². The summed E-state index contributed by atoms with van der Waals surface area (Å²) in [4.78, 5) is 38.8. The molecule has 0 saturated carbocycles. The van der Waals surface area contributed by atoms with Crippen LogP contribution in [0.25, 0.3) is 0 Å². The fourth-order valence-electron chi connectivity index (χ4n) is 3.77. The second-order valence-corrected chi connectivity index (χ2v) is 8.73. The lowest BCUT2D eigenvalue weighted by Crippen LogP contribution is -2.28. The Bertz CT molecular complexity index is 1430. The molecule has 39 heavy (non-hydrogen) atoms. The molecule has 0 fully saturated rings. The zero-order valence-electron chi connectivity index (χ0n) is 20.6. The van der Waals surface area contributed by atoms with Crippen LogP contribution in [0.2, 0.25) is 0 Å². The molecule has 0 radical (unpaired) electrons. The number of halogens is 3. The number of carbonyl (C=O) groups is 3. The Kier molecular flexibility index (Phi) is 8.73. The molecule has 4 aromatic rings. The van der Waals surface area contributed by atoms with Crippen molar-refractivity contribution >= 4 is 17.7 Å². The van der Waals surface area contributed by atoms with Gasteiger partial charge < -0.3 is 16.0 Å². The van der Waals surface area contributed by atoms with E-state index in [0.29, 0.717) is 16.7 Å². The number of carbonyl (C=O) groups excluding carboxylic acids is 3. The molecule has 0 spiro atoms. The summed E-state index contributed by atoms with van der Waals surface area (Å²) in [7, 11) is 0. The van der Waals surface area contributed by atoms with Crippen LogP contribution in [0, 0.1) is 17.5 Å². The van der Waals surface area contributed by atoms with Gasteiger partial charge in [0, 0.05) is 36.3 Å². The fraction of sp³-hybridized carbons (Fsp3) is 0.100. The van der Waals surface area contributed by atoms with Gasteiger partial charge in [-0.1, -0.05) is 36.4 Å². The molecule has 6 nitrogen and oxygen atoms in total. The van der Waals surface area contributed by atoms with E-state index in [1.54, 1.807) is 12.1 Å². The third-order valence-corrected chi connectivity index (χ3v) is 5.77. The minimum absolute atomic E-state index is 0.0265. The standard InChI is InChI=1S/C30H24F3N3O3/c31-25-9-7-19(8-10-25)16-34-28(37)22-13-23(29(38)35-17-20-3-1-5-26(32)11-20)15-24(14-22)30(39)36-18-21-4-2-6-27(33)12-21/h1-15H,16-18H2,(H,34,37)(H,35,38)(H,36,39). The first-order chi connectivity index (χ1) is 18.8. The van der Waals surface area contributed by atoms with Crippen LogP contribution < -0.4 is 16.0 Å². The van der Waals surface area contributed by atoms with Gasteiger partial charge in [0.2, 0.25) is 0 Å². The monoisotopic (exact) mass is 531 g/mol. The van der Waals surface area contributed by atoms with E-state index in [-0.39, 0.29) is 36.3 Å². The molecule has 0 bridgehead atoms. The van der Waals surface area contributed by atoms with Crippen molar-refractivity contribution in [3.63, 3.8) is 0 Å². The molecule has 0 aliphatic rings. The summed E-state index contributed by atoms with van der Waals surface area (Å²) < 4.78 is 40.2. The second kappa shape index (κ2) is 12.6. The van der Waals surface area contributed by atoms with Gasteiger partial charge in [-0.05, 0) is 71.3 Å². The Hall–Kier alpha value is -4.92. The number of rotatable bonds is 9. The molecule has 3 N–H and O–H groups in total. The number of amides is 3. The smallest absolute Gasteiger partial charge is 0.251 e. The van der Waals surface area contributed by atoms with Gasteiger partial charge in [-0.3, -0.25) is 14.4 Å². The number of benzene rings is 4. The Balaban J connectivity index is 1.53. The van der Waals surface area contributed by atoms with Crippen molar-refractivity contribution in [2.45, 2.75) is 19.6 Å². The zero-order valence-corrected chi connectivity index (χ0v) is 20.6. The lowest BCUT2D eigenvalue weighted by molar-refractivity contribution is 0.0950. The van der Waals surface area contributed by atoms with E-state index in [2.05, 4.69) is 16.0 Å². The summed E-state index contributed by atoms with van der Waals surface area (Å²) in [5, 5.41) is 8.00. The zero-order chi connectivity index (χ0) is 27.8. The van der Waals surface area contributed by atoms with Crippen molar-refractivity contribution in [1.82, 2.24) is 16.0 Å². The highest BCUT2D eigenvalue weighted by atomic mass is 19.1. The number of hydrogen-bond donors (Lipinski definition) is 3. The van der Waals surface area contributed by atoms with Crippen LogP contribution >= 0.6 is 0 Å². The molecular weight excluding hydrogens is 507 g/mol. The van der Waals surface area contributed by atoms with E-state index >= 15 is 0 Å². The maximum Gasteiger partial charge on any atom is 0.251 e. The topological polar surface area (TPSA) is 87.3 Å². The molecule has 0 aliphatic carbocycles. The SMILES string of the molecule is O=C(NCc1ccc(F)cc1)c1cc(C(=O)NCc2cccc(F)c2)cc(C(=O)NCc2cccc(F)c2)c1. The first-order valence-corrected chi connectivity index (χ1v) is 12.0. The van der Waals surface area contributed by atoms with E-state index in [0.717, 1.165) is 0 Å².